The normalized spacial score (nSPS) is 13.7. The van der Waals surface area contributed by atoms with E-state index >= 15 is 0 Å². The molecule has 4 heteroatoms. The van der Waals surface area contributed by atoms with E-state index in [9.17, 15) is 4.79 Å². The van der Waals surface area contributed by atoms with Crippen LogP contribution in [0.1, 0.15) is 25.5 Å². The zero-order valence-electron chi connectivity index (χ0n) is 10.8. The first-order valence-corrected chi connectivity index (χ1v) is 5.78. The van der Waals surface area contributed by atoms with Gasteiger partial charge in [0.05, 0.1) is 0 Å². The SMILES string of the molecule is CO[C@H](C(=O)O[C@@H](C#N)C(C)C)c1ccccc1. The molecule has 0 radical (unpaired) electrons. The minimum atomic E-state index is -0.791. The first kappa shape index (κ1) is 14.2. The van der Waals surface area contributed by atoms with Crippen molar-refractivity contribution in [3.63, 3.8) is 0 Å². The Bertz CT molecular complexity index is 422. The van der Waals surface area contributed by atoms with E-state index in [-0.39, 0.29) is 5.92 Å². The van der Waals surface area contributed by atoms with Gasteiger partial charge in [-0.2, -0.15) is 5.26 Å². The van der Waals surface area contributed by atoms with E-state index in [1.807, 2.05) is 38.1 Å². The van der Waals surface area contributed by atoms with Gasteiger partial charge in [0.25, 0.3) is 0 Å². The molecule has 0 saturated heterocycles. The highest BCUT2D eigenvalue weighted by atomic mass is 16.6. The van der Waals surface area contributed by atoms with Gasteiger partial charge < -0.3 is 9.47 Å². The summed E-state index contributed by atoms with van der Waals surface area (Å²) in [5, 5.41) is 8.90. The van der Waals surface area contributed by atoms with Crippen molar-refractivity contribution in [3.05, 3.63) is 35.9 Å². The van der Waals surface area contributed by atoms with Gasteiger partial charge in [0, 0.05) is 13.0 Å². The minimum absolute atomic E-state index is 0.0489. The van der Waals surface area contributed by atoms with Crippen LogP contribution in [-0.4, -0.2) is 19.2 Å². The number of nitriles is 1. The van der Waals surface area contributed by atoms with Crippen LogP contribution in [0.15, 0.2) is 30.3 Å². The van der Waals surface area contributed by atoms with Gasteiger partial charge in [-0.3, -0.25) is 0 Å². The fourth-order valence-corrected chi connectivity index (χ4v) is 1.49. The summed E-state index contributed by atoms with van der Waals surface area (Å²) < 4.78 is 10.3. The van der Waals surface area contributed by atoms with E-state index in [0.717, 1.165) is 0 Å². The third-order valence-electron chi connectivity index (χ3n) is 2.53. The van der Waals surface area contributed by atoms with Crippen molar-refractivity contribution >= 4 is 5.97 Å². The van der Waals surface area contributed by atoms with Crippen LogP contribution in [0, 0.1) is 17.2 Å². The van der Waals surface area contributed by atoms with Crippen molar-refractivity contribution in [2.45, 2.75) is 26.1 Å². The summed E-state index contributed by atoms with van der Waals surface area (Å²) in [6, 6.07) is 11.0. The molecule has 0 bridgehead atoms. The van der Waals surface area contributed by atoms with Gasteiger partial charge in [-0.1, -0.05) is 44.2 Å². The van der Waals surface area contributed by atoms with E-state index in [1.54, 1.807) is 12.1 Å². The Kier molecular flexibility index (Phi) is 5.34. The van der Waals surface area contributed by atoms with Crippen LogP contribution < -0.4 is 0 Å². The molecular weight excluding hydrogens is 230 g/mol. The van der Waals surface area contributed by atoms with Crippen molar-refractivity contribution in [2.24, 2.45) is 5.92 Å². The van der Waals surface area contributed by atoms with Gasteiger partial charge in [-0.05, 0) is 5.56 Å². The molecule has 18 heavy (non-hydrogen) atoms. The molecule has 0 fully saturated rings. The molecule has 0 spiro atoms. The monoisotopic (exact) mass is 247 g/mol. The molecule has 4 nitrogen and oxygen atoms in total. The van der Waals surface area contributed by atoms with E-state index < -0.39 is 18.2 Å². The molecule has 1 rings (SSSR count). The number of methoxy groups -OCH3 is 1. The maximum Gasteiger partial charge on any atom is 0.341 e. The van der Waals surface area contributed by atoms with E-state index in [2.05, 4.69) is 0 Å². The zero-order valence-corrected chi connectivity index (χ0v) is 10.8. The van der Waals surface area contributed by atoms with E-state index in [4.69, 9.17) is 14.7 Å². The molecule has 0 aromatic heterocycles. The third-order valence-corrected chi connectivity index (χ3v) is 2.53. The number of ether oxygens (including phenoxy) is 2. The number of carbonyl (C=O) groups excluding carboxylic acids is 1. The number of carbonyl (C=O) groups is 1. The Morgan fingerprint density at radius 1 is 1.28 bits per heavy atom. The molecule has 1 aromatic carbocycles. The molecule has 1 aromatic rings. The van der Waals surface area contributed by atoms with Crippen LogP contribution in [0.5, 0.6) is 0 Å². The summed E-state index contributed by atoms with van der Waals surface area (Å²) in [4.78, 5) is 12.0. The highest BCUT2D eigenvalue weighted by Crippen LogP contribution is 2.19. The molecule has 0 N–H and O–H groups in total. The maximum atomic E-state index is 12.0. The lowest BCUT2D eigenvalue weighted by molar-refractivity contribution is -0.160. The Morgan fingerprint density at radius 2 is 1.89 bits per heavy atom. The van der Waals surface area contributed by atoms with E-state index in [1.165, 1.54) is 7.11 Å². The molecule has 0 aliphatic carbocycles. The predicted molar refractivity (Wildman–Crippen MR) is 66.5 cm³/mol. The number of esters is 1. The van der Waals surface area contributed by atoms with Gasteiger partial charge in [0.1, 0.15) is 6.07 Å². The fraction of sp³-hybridized carbons (Fsp3) is 0.429. The Morgan fingerprint density at radius 3 is 2.33 bits per heavy atom. The molecule has 0 saturated carbocycles. The quantitative estimate of drug-likeness (QED) is 0.750. The number of nitrogens with zero attached hydrogens (tertiary/aromatic N) is 1. The molecule has 0 aliphatic heterocycles. The second kappa shape index (κ2) is 6.77. The van der Waals surface area contributed by atoms with Crippen LogP contribution in [0.25, 0.3) is 0 Å². The van der Waals surface area contributed by atoms with Crippen LogP contribution in [-0.2, 0) is 14.3 Å². The average molecular weight is 247 g/mol. The van der Waals surface area contributed by atoms with Gasteiger partial charge >= 0.3 is 5.97 Å². The van der Waals surface area contributed by atoms with Gasteiger partial charge in [-0.25, -0.2) is 4.79 Å². The summed E-state index contributed by atoms with van der Waals surface area (Å²) in [5.74, 6) is -0.587. The molecule has 0 heterocycles. The lowest BCUT2D eigenvalue weighted by Gasteiger charge is -2.19. The lowest BCUT2D eigenvalue weighted by Crippen LogP contribution is -2.26. The van der Waals surface area contributed by atoms with Gasteiger partial charge in [0.15, 0.2) is 12.2 Å². The summed E-state index contributed by atoms with van der Waals surface area (Å²) in [6.45, 7) is 3.65. The molecule has 0 unspecified atom stereocenters. The summed E-state index contributed by atoms with van der Waals surface area (Å²) in [7, 11) is 1.44. The van der Waals surface area contributed by atoms with Crippen molar-refractivity contribution < 1.29 is 14.3 Å². The average Bonchev–Trinajstić information content (AvgIpc) is 2.37. The zero-order chi connectivity index (χ0) is 13.5. The molecule has 0 amide bonds. The topological polar surface area (TPSA) is 59.3 Å². The maximum absolute atomic E-state index is 12.0. The fourth-order valence-electron chi connectivity index (χ4n) is 1.49. The second-order valence-electron chi connectivity index (χ2n) is 4.26. The first-order valence-electron chi connectivity index (χ1n) is 5.78. The van der Waals surface area contributed by atoms with E-state index in [0.29, 0.717) is 5.56 Å². The molecule has 96 valence electrons. The molecule has 0 aliphatic rings. The Hall–Kier alpha value is -1.86. The molecule has 2 atom stereocenters. The summed E-state index contributed by atoms with van der Waals surface area (Å²) >= 11 is 0. The second-order valence-corrected chi connectivity index (χ2v) is 4.26. The largest absolute Gasteiger partial charge is 0.444 e. The first-order chi connectivity index (χ1) is 8.60. The minimum Gasteiger partial charge on any atom is -0.444 e. The third kappa shape index (κ3) is 3.57. The Labute approximate surface area is 107 Å². The van der Waals surface area contributed by atoms with Crippen molar-refractivity contribution in [2.75, 3.05) is 7.11 Å². The van der Waals surface area contributed by atoms with Crippen molar-refractivity contribution in [3.8, 4) is 6.07 Å². The van der Waals surface area contributed by atoms with Crippen molar-refractivity contribution in [1.29, 1.82) is 5.26 Å². The number of benzene rings is 1. The predicted octanol–water partition coefficient (Wildman–Crippen LogP) is 2.47. The highest BCUT2D eigenvalue weighted by Gasteiger charge is 2.26. The standard InChI is InChI=1S/C14H17NO3/c1-10(2)12(9-15)18-14(16)13(17-3)11-7-5-4-6-8-11/h4-8,10,12-13H,1-3H3/t12-,13-/m0/s1. The Balaban J connectivity index is 2.79. The summed E-state index contributed by atoms with van der Waals surface area (Å²) in [6.07, 6.45) is -1.54. The highest BCUT2D eigenvalue weighted by molar-refractivity contribution is 5.76. The van der Waals surface area contributed by atoms with Crippen LogP contribution in [0.2, 0.25) is 0 Å². The van der Waals surface area contributed by atoms with Gasteiger partial charge in [0.2, 0.25) is 0 Å². The van der Waals surface area contributed by atoms with Crippen LogP contribution in [0.3, 0.4) is 0 Å². The van der Waals surface area contributed by atoms with Gasteiger partial charge in [-0.15, -0.1) is 0 Å². The van der Waals surface area contributed by atoms with Crippen molar-refractivity contribution in [1.82, 2.24) is 0 Å². The number of hydrogen-bond acceptors (Lipinski definition) is 4. The van der Waals surface area contributed by atoms with Crippen LogP contribution >= 0.6 is 0 Å². The smallest absolute Gasteiger partial charge is 0.341 e. The van der Waals surface area contributed by atoms with Crippen LogP contribution in [0.4, 0.5) is 0 Å². The lowest BCUT2D eigenvalue weighted by atomic mass is 10.1. The summed E-state index contributed by atoms with van der Waals surface area (Å²) in [5.41, 5.74) is 0.713. The number of hydrogen-bond donors (Lipinski definition) is 0. The molecular formula is C14H17NO3. The number of rotatable bonds is 5.